The van der Waals surface area contributed by atoms with Crippen molar-refractivity contribution in [3.05, 3.63) is 209 Å². The number of imide groups is 1. The van der Waals surface area contributed by atoms with Crippen LogP contribution in [-0.2, 0) is 53.5 Å². The number of para-hydroxylation sites is 1. The first-order valence-electron chi connectivity index (χ1n) is 23.5. The maximum atomic E-state index is 14.2. The molecule has 12 nitrogen and oxygen atoms in total. The molecule has 1 aliphatic carbocycles. The smallest absolute Gasteiger partial charge is 0.268 e. The Morgan fingerprint density at radius 1 is 0.536 bits per heavy atom. The number of carbonyl (C=O) groups is 2. The lowest BCUT2D eigenvalue weighted by atomic mass is 9.83. The maximum Gasteiger partial charge on any atom is 0.268 e. The van der Waals surface area contributed by atoms with Crippen LogP contribution in [0.4, 0.5) is 0 Å². The zero-order valence-electron chi connectivity index (χ0n) is 38.4. The van der Waals surface area contributed by atoms with E-state index < -0.39 is 52.8 Å². The van der Waals surface area contributed by atoms with E-state index in [1.807, 2.05) is 110 Å². The molecular formula is C56H56N2O10S. The SMILES string of the molecule is CC(OC1C(O)C(OCCCCCN2C(=O)c3ccccc3C2=O)C(OCc2ccccc2)C(OCc2ccccc2)C1OCc1ccccc1)c1cn(S(=O)(=O)c2ccccc2)c2ccccc12. The highest BCUT2D eigenvalue weighted by molar-refractivity contribution is 7.90. The number of ether oxygens (including phenoxy) is 5. The van der Waals surface area contributed by atoms with Crippen molar-refractivity contribution < 1.29 is 46.8 Å². The van der Waals surface area contributed by atoms with Crippen molar-refractivity contribution >= 4 is 32.7 Å². The molecule has 7 atom stereocenters. The van der Waals surface area contributed by atoms with Crippen LogP contribution in [-0.4, -0.2) is 84.0 Å². The van der Waals surface area contributed by atoms with Gasteiger partial charge in [0.2, 0.25) is 0 Å². The van der Waals surface area contributed by atoms with Crippen molar-refractivity contribution in [2.45, 2.75) is 93.6 Å². The van der Waals surface area contributed by atoms with Crippen molar-refractivity contribution in [3.8, 4) is 0 Å². The van der Waals surface area contributed by atoms with Gasteiger partial charge in [-0.3, -0.25) is 14.5 Å². The molecule has 13 heteroatoms. The van der Waals surface area contributed by atoms with E-state index in [1.54, 1.807) is 72.9 Å². The second-order valence-corrected chi connectivity index (χ2v) is 19.3. The predicted molar refractivity (Wildman–Crippen MR) is 261 cm³/mol. The summed E-state index contributed by atoms with van der Waals surface area (Å²) in [6.07, 6.45) is -3.46. The number of aromatic nitrogens is 1. The fourth-order valence-corrected chi connectivity index (χ4v) is 10.7. The number of aliphatic hydroxyl groups excluding tert-OH is 1. The fraction of sp³-hybridized carbons (Fsp3) is 0.286. The number of fused-ring (bicyclic) bond motifs is 2. The van der Waals surface area contributed by atoms with Gasteiger partial charge in [-0.15, -0.1) is 0 Å². The number of rotatable bonds is 21. The second-order valence-electron chi connectivity index (χ2n) is 17.4. The highest BCUT2D eigenvalue weighted by Crippen LogP contribution is 2.39. The minimum absolute atomic E-state index is 0.145. The molecule has 6 aromatic carbocycles. The molecule has 7 aromatic rings. The van der Waals surface area contributed by atoms with Gasteiger partial charge >= 0.3 is 0 Å². The van der Waals surface area contributed by atoms with Gasteiger partial charge < -0.3 is 28.8 Å². The normalized spacial score (nSPS) is 20.9. The van der Waals surface area contributed by atoms with Crippen molar-refractivity contribution in [1.29, 1.82) is 0 Å². The lowest BCUT2D eigenvalue weighted by Crippen LogP contribution is -2.67. The number of unbranched alkanes of at least 4 members (excludes halogenated alkanes) is 2. The third-order valence-electron chi connectivity index (χ3n) is 12.8. The van der Waals surface area contributed by atoms with E-state index in [-0.39, 0.29) is 49.7 Å². The van der Waals surface area contributed by atoms with E-state index in [0.29, 0.717) is 46.9 Å². The van der Waals surface area contributed by atoms with Crippen molar-refractivity contribution in [3.63, 3.8) is 0 Å². The Morgan fingerprint density at radius 2 is 1.00 bits per heavy atom. The van der Waals surface area contributed by atoms with Crippen LogP contribution in [0.3, 0.4) is 0 Å². The lowest BCUT2D eigenvalue weighted by molar-refractivity contribution is -0.285. The molecule has 356 valence electrons. The molecule has 0 radical (unpaired) electrons. The molecule has 1 fully saturated rings. The molecule has 7 unspecified atom stereocenters. The molecule has 0 spiro atoms. The Labute approximate surface area is 403 Å². The minimum atomic E-state index is -4.01. The molecule has 1 saturated carbocycles. The lowest BCUT2D eigenvalue weighted by Gasteiger charge is -2.49. The molecule has 1 N–H and O–H groups in total. The Hall–Kier alpha value is -6.29. The summed E-state index contributed by atoms with van der Waals surface area (Å²) in [5, 5.41) is 13.5. The Bertz CT molecular complexity index is 2880. The summed E-state index contributed by atoms with van der Waals surface area (Å²) in [5.74, 6) is -0.576. The van der Waals surface area contributed by atoms with Gasteiger partial charge in [0, 0.05) is 30.3 Å². The van der Waals surface area contributed by atoms with Crippen LogP contribution in [0.25, 0.3) is 10.9 Å². The van der Waals surface area contributed by atoms with Gasteiger partial charge in [0.05, 0.1) is 47.5 Å². The molecule has 2 aliphatic rings. The average molecular weight is 949 g/mol. The average Bonchev–Trinajstić information content (AvgIpc) is 3.90. The van der Waals surface area contributed by atoms with E-state index >= 15 is 0 Å². The summed E-state index contributed by atoms with van der Waals surface area (Å²) in [6.45, 7) is 2.86. The van der Waals surface area contributed by atoms with Gasteiger partial charge in [0.1, 0.15) is 36.6 Å². The maximum absolute atomic E-state index is 14.2. The molecule has 1 aliphatic heterocycles. The van der Waals surface area contributed by atoms with Crippen LogP contribution in [0, 0.1) is 0 Å². The first-order chi connectivity index (χ1) is 33.7. The van der Waals surface area contributed by atoms with Crippen LogP contribution in [0.5, 0.6) is 0 Å². The largest absolute Gasteiger partial charge is 0.387 e. The quantitative estimate of drug-likeness (QED) is 0.0547. The number of nitrogens with zero attached hydrogens (tertiary/aromatic N) is 2. The Kier molecular flexibility index (Phi) is 15.2. The van der Waals surface area contributed by atoms with Gasteiger partial charge in [-0.2, -0.15) is 0 Å². The van der Waals surface area contributed by atoms with Gasteiger partial charge in [0.25, 0.3) is 21.8 Å². The first-order valence-corrected chi connectivity index (χ1v) is 24.9. The highest BCUT2D eigenvalue weighted by atomic mass is 32.2. The van der Waals surface area contributed by atoms with Gasteiger partial charge in [-0.05, 0) is 73.2 Å². The summed E-state index contributed by atoms with van der Waals surface area (Å²) >= 11 is 0. The number of hydrogen-bond acceptors (Lipinski definition) is 10. The molecule has 69 heavy (non-hydrogen) atoms. The van der Waals surface area contributed by atoms with Crippen LogP contribution < -0.4 is 0 Å². The van der Waals surface area contributed by atoms with E-state index in [4.69, 9.17) is 23.7 Å². The number of hydrogen-bond donors (Lipinski definition) is 1. The number of benzene rings is 6. The molecule has 2 heterocycles. The van der Waals surface area contributed by atoms with Crippen molar-refractivity contribution in [2.24, 2.45) is 0 Å². The third kappa shape index (κ3) is 10.7. The van der Waals surface area contributed by atoms with E-state index in [1.165, 1.54) is 8.87 Å². The second kappa shape index (κ2) is 22.0. The van der Waals surface area contributed by atoms with E-state index in [2.05, 4.69) is 0 Å². The van der Waals surface area contributed by atoms with Crippen molar-refractivity contribution in [1.82, 2.24) is 8.87 Å². The van der Waals surface area contributed by atoms with E-state index in [9.17, 15) is 23.1 Å². The molecule has 2 amide bonds. The molecular weight excluding hydrogens is 893 g/mol. The van der Waals surface area contributed by atoms with Crippen LogP contribution in [0.15, 0.2) is 181 Å². The zero-order valence-corrected chi connectivity index (χ0v) is 39.2. The Morgan fingerprint density at radius 3 is 1.55 bits per heavy atom. The van der Waals surface area contributed by atoms with Gasteiger partial charge in [-0.25, -0.2) is 12.4 Å². The monoisotopic (exact) mass is 948 g/mol. The molecule has 0 bridgehead atoms. The summed E-state index contributed by atoms with van der Waals surface area (Å²) in [7, 11) is -4.01. The van der Waals surface area contributed by atoms with Crippen LogP contribution in [0.2, 0.25) is 0 Å². The number of amides is 2. The third-order valence-corrected chi connectivity index (χ3v) is 14.5. The molecule has 1 aromatic heterocycles. The summed E-state index contributed by atoms with van der Waals surface area (Å²) in [6, 6.07) is 51.7. The van der Waals surface area contributed by atoms with Gasteiger partial charge in [-0.1, -0.05) is 140 Å². The standard InChI is InChI=1S/C56H56N2O10S/c1-39(47-35-58(48-32-18-17-29-44(47)48)69(62,63)43-27-13-5-14-28-43)68-51-49(59)50(64-34-20-6-19-33-57-55(60)45-30-15-16-31-46(45)56(57)61)52(65-36-40-21-7-2-8-22-40)54(67-38-42-25-11-4-12-26-42)53(51)66-37-41-23-9-3-10-24-41/h2-5,7-18,21-32,35,39,49-54,59H,6,19-20,33-34,36-38H2,1H3. The topological polar surface area (TPSA) is 143 Å². The zero-order chi connectivity index (χ0) is 47.7. The molecule has 9 rings (SSSR count). The summed E-state index contributed by atoms with van der Waals surface area (Å²) in [4.78, 5) is 27.5. The highest BCUT2D eigenvalue weighted by Gasteiger charge is 2.54. The minimum Gasteiger partial charge on any atom is -0.387 e. The van der Waals surface area contributed by atoms with Crippen LogP contribution in [0.1, 0.15) is 75.3 Å². The summed E-state index contributed by atoms with van der Waals surface area (Å²) in [5.41, 5.74) is 4.65. The Balaban J connectivity index is 1.03. The van der Waals surface area contributed by atoms with E-state index in [0.717, 1.165) is 16.7 Å². The van der Waals surface area contributed by atoms with Crippen LogP contribution >= 0.6 is 0 Å². The molecule has 0 saturated heterocycles. The van der Waals surface area contributed by atoms with Crippen molar-refractivity contribution in [2.75, 3.05) is 13.2 Å². The van der Waals surface area contributed by atoms with Gasteiger partial charge in [0.15, 0.2) is 0 Å². The predicted octanol–water partition coefficient (Wildman–Crippen LogP) is 9.31. The first kappa shape index (κ1) is 47.8. The summed E-state index contributed by atoms with van der Waals surface area (Å²) < 4.78 is 64.0. The number of aliphatic hydroxyl groups is 1. The number of carbonyl (C=O) groups excluding carboxylic acids is 2. The fourth-order valence-electron chi connectivity index (χ4n) is 9.28.